The predicted octanol–water partition coefficient (Wildman–Crippen LogP) is 0.894. The largest absolute Gasteiger partial charge is 0.495 e. The fourth-order valence-electron chi connectivity index (χ4n) is 3.43. The third-order valence-corrected chi connectivity index (χ3v) is 4.68. The van der Waals surface area contributed by atoms with Gasteiger partial charge in [-0.05, 0) is 42.7 Å². The number of carbonyl (C=O) groups is 2. The lowest BCUT2D eigenvalue weighted by Gasteiger charge is -2.32. The number of nitrogens with zero attached hydrogens (tertiary/aromatic N) is 1. The highest BCUT2D eigenvalue weighted by Gasteiger charge is 2.39. The number of nitrogens with one attached hydrogen (secondary N) is 1. The molecule has 2 amide bonds. The van der Waals surface area contributed by atoms with Crippen molar-refractivity contribution < 1.29 is 24.4 Å². The van der Waals surface area contributed by atoms with Crippen molar-refractivity contribution in [3.63, 3.8) is 0 Å². The van der Waals surface area contributed by atoms with E-state index in [-0.39, 0.29) is 24.7 Å². The second-order valence-electron chi connectivity index (χ2n) is 7.39. The Morgan fingerprint density at radius 1 is 1.36 bits per heavy atom. The van der Waals surface area contributed by atoms with Gasteiger partial charge in [-0.25, -0.2) is 0 Å². The van der Waals surface area contributed by atoms with E-state index in [1.54, 1.807) is 35.4 Å². The van der Waals surface area contributed by atoms with Gasteiger partial charge in [0.1, 0.15) is 11.8 Å². The van der Waals surface area contributed by atoms with Crippen LogP contribution in [0.5, 0.6) is 5.75 Å². The SMILES string of the molecule is COc1ccccc1NC(=O)CC1=CN([C@@H](CC(C)C)B(O)O)C(C(N)=O)C1. The lowest BCUT2D eigenvalue weighted by molar-refractivity contribution is -0.122. The van der Waals surface area contributed by atoms with Gasteiger partial charge < -0.3 is 30.7 Å². The second-order valence-corrected chi connectivity index (χ2v) is 7.39. The lowest BCUT2D eigenvalue weighted by Crippen LogP contribution is -2.51. The monoisotopic (exact) mass is 389 g/mol. The molecule has 2 rings (SSSR count). The van der Waals surface area contributed by atoms with Crippen molar-refractivity contribution in [1.82, 2.24) is 4.90 Å². The zero-order valence-electron chi connectivity index (χ0n) is 16.5. The molecule has 0 saturated heterocycles. The number of hydrogen-bond donors (Lipinski definition) is 4. The van der Waals surface area contributed by atoms with Crippen LogP contribution >= 0.6 is 0 Å². The van der Waals surface area contributed by atoms with Gasteiger partial charge in [-0.1, -0.05) is 26.0 Å². The van der Waals surface area contributed by atoms with Crippen molar-refractivity contribution in [3.8, 4) is 5.75 Å². The summed E-state index contributed by atoms with van der Waals surface area (Å²) < 4.78 is 5.22. The maximum atomic E-state index is 12.5. The summed E-state index contributed by atoms with van der Waals surface area (Å²) in [5, 5.41) is 22.4. The van der Waals surface area contributed by atoms with Crippen LogP contribution in [0.15, 0.2) is 36.0 Å². The summed E-state index contributed by atoms with van der Waals surface area (Å²) in [5.41, 5.74) is 6.77. The molecule has 5 N–H and O–H groups in total. The Morgan fingerprint density at radius 2 is 2.04 bits per heavy atom. The Hall–Kier alpha value is -2.52. The molecule has 1 aliphatic heterocycles. The van der Waals surface area contributed by atoms with Crippen molar-refractivity contribution in [1.29, 1.82) is 0 Å². The average Bonchev–Trinajstić information content (AvgIpc) is 3.03. The number of carbonyl (C=O) groups excluding carboxylic acids is 2. The zero-order valence-corrected chi connectivity index (χ0v) is 16.5. The minimum atomic E-state index is -1.62. The number of para-hydroxylation sites is 2. The number of hydrogen-bond acceptors (Lipinski definition) is 6. The molecule has 2 atom stereocenters. The molecule has 28 heavy (non-hydrogen) atoms. The minimum absolute atomic E-state index is 0.0637. The van der Waals surface area contributed by atoms with E-state index in [1.165, 1.54) is 7.11 Å². The molecule has 0 spiro atoms. The summed E-state index contributed by atoms with van der Waals surface area (Å²) in [5.74, 6) is -0.760. The number of rotatable bonds is 9. The fourth-order valence-corrected chi connectivity index (χ4v) is 3.43. The molecule has 0 saturated carbocycles. The highest BCUT2D eigenvalue weighted by molar-refractivity contribution is 6.43. The van der Waals surface area contributed by atoms with E-state index in [0.717, 1.165) is 0 Å². The van der Waals surface area contributed by atoms with E-state index in [4.69, 9.17) is 10.5 Å². The van der Waals surface area contributed by atoms with Crippen molar-refractivity contribution in [2.24, 2.45) is 11.7 Å². The molecular formula is C19H28BN3O5. The molecule has 0 bridgehead atoms. The van der Waals surface area contributed by atoms with Crippen molar-refractivity contribution >= 4 is 24.6 Å². The Balaban J connectivity index is 2.14. The number of primary amides is 1. The average molecular weight is 389 g/mol. The molecule has 1 heterocycles. The maximum absolute atomic E-state index is 12.5. The van der Waals surface area contributed by atoms with Crippen LogP contribution in [0.25, 0.3) is 0 Å². The van der Waals surface area contributed by atoms with Crippen LogP contribution in [0, 0.1) is 5.92 Å². The smallest absolute Gasteiger partial charge is 0.475 e. The van der Waals surface area contributed by atoms with Crippen LogP contribution in [-0.4, -0.2) is 53.0 Å². The molecule has 0 fully saturated rings. The van der Waals surface area contributed by atoms with Gasteiger partial charge in [0.25, 0.3) is 0 Å². The first-order chi connectivity index (χ1) is 13.2. The van der Waals surface area contributed by atoms with E-state index in [2.05, 4.69) is 5.32 Å². The number of methoxy groups -OCH3 is 1. The highest BCUT2D eigenvalue weighted by Crippen LogP contribution is 2.30. The van der Waals surface area contributed by atoms with Gasteiger partial charge in [0.2, 0.25) is 11.8 Å². The second kappa shape index (κ2) is 9.61. The Kier molecular flexibility index (Phi) is 7.48. The van der Waals surface area contributed by atoms with Crippen LogP contribution < -0.4 is 15.8 Å². The van der Waals surface area contributed by atoms with E-state index >= 15 is 0 Å². The summed E-state index contributed by atoms with van der Waals surface area (Å²) in [4.78, 5) is 25.9. The molecular weight excluding hydrogens is 361 g/mol. The van der Waals surface area contributed by atoms with Gasteiger partial charge in [0.15, 0.2) is 0 Å². The Labute approximate surface area is 165 Å². The molecule has 0 aromatic heterocycles. The number of amides is 2. The van der Waals surface area contributed by atoms with Crippen LogP contribution in [0.4, 0.5) is 5.69 Å². The molecule has 1 aliphatic rings. The summed E-state index contributed by atoms with van der Waals surface area (Å²) in [7, 11) is -0.100. The first-order valence-corrected chi connectivity index (χ1v) is 9.28. The normalized spacial score (nSPS) is 17.3. The number of benzene rings is 1. The zero-order chi connectivity index (χ0) is 20.8. The van der Waals surface area contributed by atoms with Gasteiger partial charge in [0, 0.05) is 6.42 Å². The first kappa shape index (κ1) is 21.8. The number of ether oxygens (including phenoxy) is 1. The lowest BCUT2D eigenvalue weighted by atomic mass is 9.73. The molecule has 9 heteroatoms. The molecule has 0 radical (unpaired) electrons. The summed E-state index contributed by atoms with van der Waals surface area (Å²) in [6, 6.07) is 6.36. The van der Waals surface area contributed by atoms with Crippen LogP contribution in [0.2, 0.25) is 0 Å². The van der Waals surface area contributed by atoms with E-state index in [0.29, 0.717) is 23.4 Å². The molecule has 1 aromatic rings. The van der Waals surface area contributed by atoms with E-state index in [9.17, 15) is 19.6 Å². The third kappa shape index (κ3) is 5.49. The Morgan fingerprint density at radius 3 is 2.61 bits per heavy atom. The highest BCUT2D eigenvalue weighted by atomic mass is 16.5. The van der Waals surface area contributed by atoms with Gasteiger partial charge in [0.05, 0.1) is 18.7 Å². The predicted molar refractivity (Wildman–Crippen MR) is 107 cm³/mol. The van der Waals surface area contributed by atoms with Gasteiger partial charge in [-0.3, -0.25) is 9.59 Å². The molecule has 8 nitrogen and oxygen atoms in total. The van der Waals surface area contributed by atoms with Gasteiger partial charge in [-0.15, -0.1) is 0 Å². The third-order valence-electron chi connectivity index (χ3n) is 4.68. The molecule has 1 aromatic carbocycles. The standard InChI is InChI=1S/C19H28BN3O5/c1-12(2)8-17(20(26)27)23-11-13(9-15(23)19(21)25)10-18(24)22-14-6-4-5-7-16(14)28-3/h4-7,11-12,15,17,26-27H,8-10H2,1-3H3,(H2,21,25)(H,22,24)/t15?,17-/m0/s1. The minimum Gasteiger partial charge on any atom is -0.495 e. The van der Waals surface area contributed by atoms with Crippen LogP contribution in [0.1, 0.15) is 33.1 Å². The van der Waals surface area contributed by atoms with E-state index in [1.807, 2.05) is 13.8 Å². The van der Waals surface area contributed by atoms with Crippen LogP contribution in [0.3, 0.4) is 0 Å². The quantitative estimate of drug-likeness (QED) is 0.465. The Bertz CT molecular complexity index is 738. The summed E-state index contributed by atoms with van der Waals surface area (Å²) >= 11 is 0. The number of anilines is 1. The topological polar surface area (TPSA) is 125 Å². The molecule has 0 aliphatic carbocycles. The van der Waals surface area contributed by atoms with Crippen molar-refractivity contribution in [2.45, 2.75) is 45.1 Å². The maximum Gasteiger partial charge on any atom is 0.475 e. The summed E-state index contributed by atoms with van der Waals surface area (Å²) in [6.07, 6.45) is 2.46. The molecule has 1 unspecified atom stereocenters. The van der Waals surface area contributed by atoms with Crippen molar-refractivity contribution in [3.05, 3.63) is 36.0 Å². The van der Waals surface area contributed by atoms with E-state index < -0.39 is 25.0 Å². The molecule has 152 valence electrons. The first-order valence-electron chi connectivity index (χ1n) is 9.28. The van der Waals surface area contributed by atoms with Gasteiger partial charge >= 0.3 is 7.12 Å². The summed E-state index contributed by atoms with van der Waals surface area (Å²) in [6.45, 7) is 3.91. The van der Waals surface area contributed by atoms with Crippen molar-refractivity contribution in [2.75, 3.05) is 12.4 Å². The van der Waals surface area contributed by atoms with Crippen LogP contribution in [-0.2, 0) is 9.59 Å². The van der Waals surface area contributed by atoms with Gasteiger partial charge in [-0.2, -0.15) is 0 Å². The fraction of sp³-hybridized carbons (Fsp3) is 0.474. The number of nitrogens with two attached hydrogens (primary N) is 1.